The van der Waals surface area contributed by atoms with Crippen molar-refractivity contribution in [3.05, 3.63) is 35.3 Å². The second-order valence-electron chi connectivity index (χ2n) is 2.16. The monoisotopic (exact) mass is 135 g/mol. The summed E-state index contributed by atoms with van der Waals surface area (Å²) in [4.78, 5) is 0. The molecule has 0 amide bonds. The van der Waals surface area contributed by atoms with Crippen molar-refractivity contribution in [1.82, 2.24) is 0 Å². The number of rotatable bonds is 1. The van der Waals surface area contributed by atoms with Crippen LogP contribution in [-0.2, 0) is 0 Å². The second kappa shape index (κ2) is 2.80. The molecular formula is C7H8BO2+. The molecule has 1 rings (SSSR count). The minimum Gasteiger partial charge on any atom is -0.422 e. The van der Waals surface area contributed by atoms with Crippen LogP contribution in [0.15, 0.2) is 29.3 Å². The van der Waals surface area contributed by atoms with E-state index in [9.17, 15) is 0 Å². The lowest BCUT2D eigenvalue weighted by Gasteiger charge is -1.96. The van der Waals surface area contributed by atoms with E-state index >= 15 is 0 Å². The molecule has 0 radical (unpaired) electrons. The smallest absolute Gasteiger partial charge is 0.422 e. The van der Waals surface area contributed by atoms with Crippen LogP contribution in [0.2, 0.25) is 0 Å². The van der Waals surface area contributed by atoms with Gasteiger partial charge < -0.3 is 10.0 Å². The molecule has 0 heterocycles. The summed E-state index contributed by atoms with van der Waals surface area (Å²) in [5.41, 5.74) is 1.39. The molecule has 0 atom stereocenters. The second-order valence-corrected chi connectivity index (χ2v) is 2.16. The largest absolute Gasteiger partial charge is 0.517 e. The number of hydrogen-bond acceptors (Lipinski definition) is 2. The quantitative estimate of drug-likeness (QED) is 0.399. The van der Waals surface area contributed by atoms with Crippen molar-refractivity contribution in [3.8, 4) is 0 Å². The highest BCUT2D eigenvalue weighted by Crippen LogP contribution is 2.11. The van der Waals surface area contributed by atoms with Crippen LogP contribution < -0.4 is 0 Å². The first-order valence-electron chi connectivity index (χ1n) is 3.04. The predicted molar refractivity (Wildman–Crippen MR) is 39.8 cm³/mol. The molecule has 0 aromatic heterocycles. The van der Waals surface area contributed by atoms with Crippen molar-refractivity contribution < 1.29 is 10.0 Å². The summed E-state index contributed by atoms with van der Waals surface area (Å²) in [6, 6.07) is 0. The molecule has 0 bridgehead atoms. The fraction of sp³-hybridized carbons (Fsp3) is 0.143. The average molecular weight is 135 g/mol. The van der Waals surface area contributed by atoms with E-state index in [2.05, 4.69) is 6.08 Å². The van der Waals surface area contributed by atoms with E-state index in [1.807, 2.05) is 6.92 Å². The van der Waals surface area contributed by atoms with Crippen molar-refractivity contribution in [3.63, 3.8) is 0 Å². The molecule has 0 fully saturated rings. The van der Waals surface area contributed by atoms with Gasteiger partial charge in [0.15, 0.2) is 0 Å². The third kappa shape index (κ3) is 1.34. The van der Waals surface area contributed by atoms with Crippen molar-refractivity contribution in [2.45, 2.75) is 6.92 Å². The normalized spacial score (nSPS) is 15.5. The van der Waals surface area contributed by atoms with Gasteiger partial charge in [0.2, 0.25) is 0 Å². The molecular weight excluding hydrogens is 127 g/mol. The van der Waals surface area contributed by atoms with Gasteiger partial charge in [-0.2, -0.15) is 0 Å². The molecule has 0 spiro atoms. The van der Waals surface area contributed by atoms with E-state index in [1.165, 1.54) is 0 Å². The van der Waals surface area contributed by atoms with Gasteiger partial charge in [-0.3, -0.25) is 0 Å². The third-order valence-corrected chi connectivity index (χ3v) is 1.39. The van der Waals surface area contributed by atoms with E-state index in [1.54, 1.807) is 18.2 Å². The Hall–Kier alpha value is -0.885. The molecule has 0 aromatic rings. The van der Waals surface area contributed by atoms with E-state index in [-0.39, 0.29) is 0 Å². The van der Waals surface area contributed by atoms with Crippen LogP contribution in [0.1, 0.15) is 6.92 Å². The number of hydrogen-bond donors (Lipinski definition) is 2. The van der Waals surface area contributed by atoms with Gasteiger partial charge in [-0.1, -0.05) is 0 Å². The van der Waals surface area contributed by atoms with Crippen LogP contribution in [-0.4, -0.2) is 17.2 Å². The maximum absolute atomic E-state index is 8.75. The van der Waals surface area contributed by atoms with Crippen LogP contribution >= 0.6 is 0 Å². The Balaban J connectivity index is 2.93. The van der Waals surface area contributed by atoms with E-state index < -0.39 is 7.12 Å². The summed E-state index contributed by atoms with van der Waals surface area (Å²) in [5, 5.41) is 17.5. The van der Waals surface area contributed by atoms with Gasteiger partial charge in [0.1, 0.15) is 12.2 Å². The molecule has 0 aromatic carbocycles. The molecule has 2 nitrogen and oxygen atoms in total. The highest BCUT2D eigenvalue weighted by atomic mass is 16.4. The summed E-state index contributed by atoms with van der Waals surface area (Å²) in [6.07, 6.45) is 7.84. The molecule has 10 heavy (non-hydrogen) atoms. The van der Waals surface area contributed by atoms with Crippen molar-refractivity contribution >= 4 is 7.12 Å². The Kier molecular flexibility index (Phi) is 2.02. The van der Waals surface area contributed by atoms with Crippen molar-refractivity contribution in [2.75, 3.05) is 0 Å². The number of allylic oxidation sites excluding steroid dienone is 6. The summed E-state index contributed by atoms with van der Waals surface area (Å²) in [6.45, 7) is 1.81. The lowest BCUT2D eigenvalue weighted by Crippen LogP contribution is -2.15. The first-order valence-corrected chi connectivity index (χ1v) is 3.04. The SMILES string of the molecule is CC1=C(B(O)O)C=C[C+]=C1. The summed E-state index contributed by atoms with van der Waals surface area (Å²) in [5.74, 6) is 0. The van der Waals surface area contributed by atoms with Gasteiger partial charge >= 0.3 is 7.12 Å². The predicted octanol–water partition coefficient (Wildman–Crippen LogP) is 0.244. The van der Waals surface area contributed by atoms with Gasteiger partial charge in [-0.25, -0.2) is 0 Å². The van der Waals surface area contributed by atoms with Gasteiger partial charge in [-0.05, 0) is 0 Å². The zero-order chi connectivity index (χ0) is 7.56. The maximum Gasteiger partial charge on any atom is 0.517 e. The zero-order valence-electron chi connectivity index (χ0n) is 5.70. The first-order chi connectivity index (χ1) is 4.72. The van der Waals surface area contributed by atoms with Crippen molar-refractivity contribution in [2.24, 2.45) is 0 Å². The topological polar surface area (TPSA) is 40.5 Å². The molecule has 0 unspecified atom stereocenters. The van der Waals surface area contributed by atoms with Crippen LogP contribution in [0, 0.1) is 6.08 Å². The van der Waals surface area contributed by atoms with Gasteiger partial charge in [0.05, 0.1) is 11.0 Å². The Morgan fingerprint density at radius 1 is 1.50 bits per heavy atom. The minimum atomic E-state index is -1.37. The van der Waals surface area contributed by atoms with Gasteiger partial charge in [-0.15, -0.1) is 0 Å². The fourth-order valence-corrected chi connectivity index (χ4v) is 0.815. The first kappa shape index (κ1) is 7.22. The Bertz CT molecular complexity index is 214. The van der Waals surface area contributed by atoms with Crippen LogP contribution in [0.3, 0.4) is 0 Å². The van der Waals surface area contributed by atoms with E-state index in [0.29, 0.717) is 5.47 Å². The lowest BCUT2D eigenvalue weighted by atomic mass is 9.75. The molecule has 0 saturated heterocycles. The average Bonchev–Trinajstić information content (AvgIpc) is 1.88. The summed E-state index contributed by atoms with van der Waals surface area (Å²) in [7, 11) is -1.37. The van der Waals surface area contributed by atoms with Crippen LogP contribution in [0.5, 0.6) is 0 Å². The Morgan fingerprint density at radius 3 is 2.60 bits per heavy atom. The fourth-order valence-electron chi connectivity index (χ4n) is 0.815. The Morgan fingerprint density at radius 2 is 2.20 bits per heavy atom. The standard InChI is InChI=1S/C7H8BO2/c1-6-4-2-3-5-7(6)8(9)10/h3-5,9-10H,1H3/q+1. The molecule has 0 saturated carbocycles. The van der Waals surface area contributed by atoms with Gasteiger partial charge in [0.25, 0.3) is 0 Å². The molecule has 3 heteroatoms. The van der Waals surface area contributed by atoms with Crippen molar-refractivity contribution in [1.29, 1.82) is 0 Å². The highest BCUT2D eigenvalue weighted by molar-refractivity contribution is 6.52. The lowest BCUT2D eigenvalue weighted by molar-refractivity contribution is 0.420. The zero-order valence-corrected chi connectivity index (χ0v) is 5.70. The van der Waals surface area contributed by atoms with E-state index in [4.69, 9.17) is 10.0 Å². The highest BCUT2D eigenvalue weighted by Gasteiger charge is 2.21. The van der Waals surface area contributed by atoms with E-state index in [0.717, 1.165) is 5.57 Å². The molecule has 1 aliphatic rings. The summed E-state index contributed by atoms with van der Waals surface area (Å²) >= 11 is 0. The van der Waals surface area contributed by atoms with Gasteiger partial charge in [0, 0.05) is 19.1 Å². The maximum atomic E-state index is 8.75. The molecule has 2 N–H and O–H groups in total. The molecule has 1 aliphatic carbocycles. The molecule has 50 valence electrons. The van der Waals surface area contributed by atoms with Crippen LogP contribution in [0.25, 0.3) is 0 Å². The summed E-state index contributed by atoms with van der Waals surface area (Å²) < 4.78 is 0. The Labute approximate surface area is 60.3 Å². The molecule has 0 aliphatic heterocycles. The third-order valence-electron chi connectivity index (χ3n) is 1.39. The van der Waals surface area contributed by atoms with Crippen LogP contribution in [0.4, 0.5) is 0 Å². The minimum absolute atomic E-state index is 0.541.